The van der Waals surface area contributed by atoms with E-state index in [2.05, 4.69) is 26.5 Å². The van der Waals surface area contributed by atoms with Crippen molar-refractivity contribution in [2.45, 2.75) is 18.9 Å². The van der Waals surface area contributed by atoms with Crippen molar-refractivity contribution < 1.29 is 4.74 Å². The molecule has 24 heavy (non-hydrogen) atoms. The summed E-state index contributed by atoms with van der Waals surface area (Å²) in [5.41, 5.74) is 2.25. The molecule has 7 heteroatoms. The van der Waals surface area contributed by atoms with Crippen molar-refractivity contribution in [1.29, 1.82) is 5.26 Å². The molecule has 0 saturated carbocycles. The van der Waals surface area contributed by atoms with E-state index in [1.54, 1.807) is 24.5 Å². The molecule has 0 atom stereocenters. The fraction of sp³-hybridized carbons (Fsp3) is 0.294. The van der Waals surface area contributed by atoms with Crippen molar-refractivity contribution >= 4 is 22.5 Å². The minimum Gasteiger partial charge on any atom is -0.381 e. The second-order valence-corrected chi connectivity index (χ2v) is 5.76. The minimum absolute atomic E-state index is 0.385. The van der Waals surface area contributed by atoms with Gasteiger partial charge >= 0.3 is 0 Å². The summed E-state index contributed by atoms with van der Waals surface area (Å²) >= 11 is 0. The molecule has 4 rings (SSSR count). The van der Waals surface area contributed by atoms with Gasteiger partial charge in [-0.1, -0.05) is 0 Å². The lowest BCUT2D eigenvalue weighted by Gasteiger charge is -2.22. The van der Waals surface area contributed by atoms with Crippen molar-refractivity contribution in [2.75, 3.05) is 18.5 Å². The van der Waals surface area contributed by atoms with E-state index < -0.39 is 0 Å². The number of hydrogen-bond donors (Lipinski definition) is 1. The summed E-state index contributed by atoms with van der Waals surface area (Å²) in [6, 6.07) is 7.86. The van der Waals surface area contributed by atoms with Crippen molar-refractivity contribution in [3.8, 4) is 6.07 Å². The molecule has 0 unspecified atom stereocenters. The monoisotopic (exact) mass is 320 g/mol. The summed E-state index contributed by atoms with van der Waals surface area (Å²) in [5, 5.41) is 17.4. The average Bonchev–Trinajstić information content (AvgIpc) is 3.10. The van der Waals surface area contributed by atoms with Crippen molar-refractivity contribution in [3.63, 3.8) is 0 Å². The number of aromatic nitrogens is 4. The molecule has 1 aromatic carbocycles. The van der Waals surface area contributed by atoms with E-state index in [1.165, 1.54) is 0 Å². The highest BCUT2D eigenvalue weighted by atomic mass is 16.5. The normalized spacial score (nSPS) is 15.3. The quantitative estimate of drug-likeness (QED) is 0.798. The van der Waals surface area contributed by atoms with Gasteiger partial charge in [-0.3, -0.25) is 4.68 Å². The van der Waals surface area contributed by atoms with E-state index in [4.69, 9.17) is 10.00 Å². The van der Waals surface area contributed by atoms with Crippen molar-refractivity contribution in [3.05, 3.63) is 42.4 Å². The number of nitrogens with one attached hydrogen (secondary N) is 1. The molecule has 0 amide bonds. The Balaban J connectivity index is 1.53. The fourth-order valence-electron chi connectivity index (χ4n) is 2.84. The molecule has 0 spiro atoms. The van der Waals surface area contributed by atoms with Gasteiger partial charge in [-0.15, -0.1) is 0 Å². The SMILES string of the molecule is N#Cc1ccc2nc(Nc3cnn(C4CCOCC4)c3)ncc2c1. The number of nitriles is 1. The number of hydrogen-bond acceptors (Lipinski definition) is 6. The van der Waals surface area contributed by atoms with Gasteiger partial charge in [0.05, 0.1) is 35.1 Å². The molecule has 3 aromatic rings. The summed E-state index contributed by atoms with van der Waals surface area (Å²) in [5.74, 6) is 0.513. The van der Waals surface area contributed by atoms with Crippen LogP contribution in [0.1, 0.15) is 24.4 Å². The van der Waals surface area contributed by atoms with Crippen LogP contribution in [-0.2, 0) is 4.74 Å². The van der Waals surface area contributed by atoms with Gasteiger partial charge in [-0.05, 0) is 31.0 Å². The molecule has 7 nitrogen and oxygen atoms in total. The summed E-state index contributed by atoms with van der Waals surface area (Å²) in [6.07, 6.45) is 7.43. The molecule has 1 fully saturated rings. The van der Waals surface area contributed by atoms with Gasteiger partial charge in [0.25, 0.3) is 0 Å². The highest BCUT2D eigenvalue weighted by molar-refractivity contribution is 5.80. The van der Waals surface area contributed by atoms with Gasteiger partial charge in [-0.25, -0.2) is 9.97 Å². The maximum absolute atomic E-state index is 8.94. The predicted octanol–water partition coefficient (Wildman–Crippen LogP) is 2.79. The first kappa shape index (κ1) is 14.6. The Hall–Kier alpha value is -2.98. The highest BCUT2D eigenvalue weighted by Gasteiger charge is 2.16. The summed E-state index contributed by atoms with van der Waals surface area (Å²) in [4.78, 5) is 8.79. The maximum atomic E-state index is 8.94. The largest absolute Gasteiger partial charge is 0.381 e. The van der Waals surface area contributed by atoms with Gasteiger partial charge in [0.15, 0.2) is 0 Å². The van der Waals surface area contributed by atoms with Crippen LogP contribution in [0.3, 0.4) is 0 Å². The molecule has 0 aliphatic carbocycles. The van der Waals surface area contributed by atoms with Crippen LogP contribution in [-0.4, -0.2) is 33.0 Å². The van der Waals surface area contributed by atoms with Gasteiger partial charge in [-0.2, -0.15) is 10.4 Å². The second kappa shape index (κ2) is 6.26. The van der Waals surface area contributed by atoms with Crippen LogP contribution in [0, 0.1) is 11.3 Å². The molecule has 1 aliphatic heterocycles. The average molecular weight is 320 g/mol. The lowest BCUT2D eigenvalue weighted by atomic mass is 10.1. The Morgan fingerprint density at radius 1 is 1.25 bits per heavy atom. The molecule has 2 aromatic heterocycles. The molecule has 120 valence electrons. The molecule has 0 radical (unpaired) electrons. The van der Waals surface area contributed by atoms with Gasteiger partial charge in [0.2, 0.25) is 5.95 Å². The third kappa shape index (κ3) is 2.92. The first-order valence-corrected chi connectivity index (χ1v) is 7.88. The Labute approximate surface area is 138 Å². The Kier molecular flexibility index (Phi) is 3.81. The topological polar surface area (TPSA) is 88.7 Å². The van der Waals surface area contributed by atoms with E-state index in [-0.39, 0.29) is 0 Å². The number of nitrogens with zero attached hydrogens (tertiary/aromatic N) is 5. The standard InChI is InChI=1S/C17H16N6O/c18-8-12-1-2-16-13(7-12)9-19-17(22-16)21-14-10-20-23(11-14)15-3-5-24-6-4-15/h1-2,7,9-11,15H,3-6H2,(H,19,21,22). The van der Waals surface area contributed by atoms with Gasteiger partial charge in [0.1, 0.15) is 0 Å². The minimum atomic E-state index is 0.385. The first-order valence-electron chi connectivity index (χ1n) is 7.88. The van der Waals surface area contributed by atoms with E-state index >= 15 is 0 Å². The van der Waals surface area contributed by atoms with Crippen LogP contribution in [0.5, 0.6) is 0 Å². The summed E-state index contributed by atoms with van der Waals surface area (Å²) < 4.78 is 7.36. The molecule has 1 aliphatic rings. The predicted molar refractivity (Wildman–Crippen MR) is 88.9 cm³/mol. The van der Waals surface area contributed by atoms with Gasteiger partial charge in [0, 0.05) is 31.0 Å². The van der Waals surface area contributed by atoms with Crippen LogP contribution >= 0.6 is 0 Å². The smallest absolute Gasteiger partial charge is 0.227 e. The number of ether oxygens (including phenoxy) is 1. The van der Waals surface area contributed by atoms with Crippen LogP contribution < -0.4 is 5.32 Å². The van der Waals surface area contributed by atoms with Crippen LogP contribution in [0.15, 0.2) is 36.8 Å². The third-order valence-electron chi connectivity index (χ3n) is 4.13. The lowest BCUT2D eigenvalue weighted by molar-refractivity contribution is 0.0662. The summed E-state index contributed by atoms with van der Waals surface area (Å²) in [7, 11) is 0. The molecule has 1 N–H and O–H groups in total. The Morgan fingerprint density at radius 2 is 2.12 bits per heavy atom. The number of rotatable bonds is 3. The van der Waals surface area contributed by atoms with E-state index in [0.29, 0.717) is 17.6 Å². The van der Waals surface area contributed by atoms with E-state index in [9.17, 15) is 0 Å². The number of benzene rings is 1. The molecular weight excluding hydrogens is 304 g/mol. The van der Waals surface area contributed by atoms with E-state index in [0.717, 1.165) is 42.6 Å². The van der Waals surface area contributed by atoms with Crippen LogP contribution in [0.2, 0.25) is 0 Å². The second-order valence-electron chi connectivity index (χ2n) is 5.76. The van der Waals surface area contributed by atoms with Gasteiger partial charge < -0.3 is 10.1 Å². The molecule has 1 saturated heterocycles. The zero-order chi connectivity index (χ0) is 16.4. The zero-order valence-electron chi connectivity index (χ0n) is 13.0. The number of fused-ring (bicyclic) bond motifs is 1. The zero-order valence-corrected chi connectivity index (χ0v) is 13.0. The Bertz CT molecular complexity index is 907. The molecule has 3 heterocycles. The van der Waals surface area contributed by atoms with Crippen LogP contribution in [0.4, 0.5) is 11.6 Å². The molecule has 0 bridgehead atoms. The number of anilines is 2. The lowest BCUT2D eigenvalue weighted by Crippen LogP contribution is -2.19. The van der Waals surface area contributed by atoms with Crippen molar-refractivity contribution in [1.82, 2.24) is 19.7 Å². The summed E-state index contributed by atoms with van der Waals surface area (Å²) in [6.45, 7) is 1.57. The first-order chi connectivity index (χ1) is 11.8. The Morgan fingerprint density at radius 3 is 2.96 bits per heavy atom. The van der Waals surface area contributed by atoms with Crippen molar-refractivity contribution in [2.24, 2.45) is 0 Å². The third-order valence-corrected chi connectivity index (χ3v) is 4.13. The highest BCUT2D eigenvalue weighted by Crippen LogP contribution is 2.23. The molecular formula is C17H16N6O. The maximum Gasteiger partial charge on any atom is 0.227 e. The van der Waals surface area contributed by atoms with E-state index in [1.807, 2.05) is 16.9 Å². The fourth-order valence-corrected chi connectivity index (χ4v) is 2.84. The van der Waals surface area contributed by atoms with Crippen LogP contribution in [0.25, 0.3) is 10.9 Å².